The van der Waals surface area contributed by atoms with E-state index in [1.165, 1.54) is 4.70 Å². The van der Waals surface area contributed by atoms with Gasteiger partial charge in [0.2, 0.25) is 0 Å². The fourth-order valence-corrected chi connectivity index (χ4v) is 4.37. The van der Waals surface area contributed by atoms with E-state index in [0.29, 0.717) is 19.0 Å². The molecule has 0 amide bonds. The van der Waals surface area contributed by atoms with Crippen molar-refractivity contribution in [3.63, 3.8) is 0 Å². The van der Waals surface area contributed by atoms with Crippen LogP contribution in [-0.2, 0) is 0 Å². The molecule has 3 aromatic rings. The van der Waals surface area contributed by atoms with Gasteiger partial charge in [-0.25, -0.2) is 0 Å². The third-order valence-corrected chi connectivity index (χ3v) is 6.24. The Labute approximate surface area is 205 Å². The highest BCUT2D eigenvalue weighted by molar-refractivity contribution is 14.0. The normalized spacial score (nSPS) is 13.5. The lowest BCUT2D eigenvalue weighted by Crippen LogP contribution is -2.43. The molecular formula is C23H31IN4O2S. The van der Waals surface area contributed by atoms with Gasteiger partial charge < -0.3 is 25.4 Å². The van der Waals surface area contributed by atoms with E-state index in [1.807, 2.05) is 50.5 Å². The van der Waals surface area contributed by atoms with Gasteiger partial charge in [-0.2, -0.15) is 0 Å². The Morgan fingerprint density at radius 2 is 1.84 bits per heavy atom. The van der Waals surface area contributed by atoms with Crippen molar-refractivity contribution >= 4 is 51.4 Å². The van der Waals surface area contributed by atoms with Crippen LogP contribution in [0.4, 0.5) is 0 Å². The van der Waals surface area contributed by atoms with Gasteiger partial charge in [0.15, 0.2) is 5.96 Å². The molecule has 0 radical (unpaired) electrons. The quantitative estimate of drug-likeness (QED) is 0.223. The molecule has 3 rings (SSSR count). The van der Waals surface area contributed by atoms with E-state index < -0.39 is 6.10 Å². The number of ether oxygens (including phenoxy) is 1. The van der Waals surface area contributed by atoms with E-state index in [2.05, 4.69) is 38.7 Å². The molecule has 0 saturated carbocycles. The molecule has 2 unspecified atom stereocenters. The maximum Gasteiger partial charge on any atom is 0.191 e. The Bertz CT molecular complexity index is 959. The highest BCUT2D eigenvalue weighted by atomic mass is 127. The highest BCUT2D eigenvalue weighted by Gasteiger charge is 2.16. The number of likely N-dealkylation sites (N-methyl/N-ethyl adjacent to an activating group) is 1. The van der Waals surface area contributed by atoms with E-state index >= 15 is 0 Å². The predicted molar refractivity (Wildman–Crippen MR) is 141 cm³/mol. The maximum atomic E-state index is 10.6. The average Bonchev–Trinajstić information content (AvgIpc) is 3.20. The maximum absolute atomic E-state index is 10.6. The first-order chi connectivity index (χ1) is 14.5. The number of fused-ring (bicyclic) bond motifs is 1. The summed E-state index contributed by atoms with van der Waals surface area (Å²) in [7, 11) is 7.51. The van der Waals surface area contributed by atoms with Gasteiger partial charge in [-0.1, -0.05) is 30.3 Å². The third kappa shape index (κ3) is 6.80. The van der Waals surface area contributed by atoms with Crippen LogP contribution in [0.2, 0.25) is 0 Å². The van der Waals surface area contributed by atoms with Crippen LogP contribution in [0.15, 0.2) is 59.6 Å². The summed E-state index contributed by atoms with van der Waals surface area (Å²) in [5.74, 6) is 1.50. The van der Waals surface area contributed by atoms with Gasteiger partial charge in [0, 0.05) is 29.7 Å². The number of halogens is 1. The Morgan fingerprint density at radius 3 is 2.52 bits per heavy atom. The van der Waals surface area contributed by atoms with Crippen LogP contribution in [0.25, 0.3) is 10.1 Å². The molecule has 0 saturated heterocycles. The second kappa shape index (κ2) is 12.2. The number of rotatable bonds is 8. The van der Waals surface area contributed by atoms with Gasteiger partial charge in [-0.3, -0.25) is 4.99 Å². The highest BCUT2D eigenvalue weighted by Crippen LogP contribution is 2.29. The molecule has 1 heterocycles. The number of nitrogens with one attached hydrogen (secondary N) is 2. The Kier molecular flexibility index (Phi) is 10.0. The van der Waals surface area contributed by atoms with Gasteiger partial charge in [0.05, 0.1) is 13.2 Å². The van der Waals surface area contributed by atoms with Crippen LogP contribution in [0.1, 0.15) is 22.6 Å². The average molecular weight is 554 g/mol. The standard InChI is InChI=1S/C23H30N4O2S.HI/c1-24-23(25-14-19(27(2)3)16-9-7-10-18(12-16)29-4)26-15-20(28)22-13-17-8-5-6-11-21(17)30-22;/h5-13,19-20,28H,14-15H2,1-4H3,(H2,24,25,26);1H. The summed E-state index contributed by atoms with van der Waals surface area (Å²) in [6.45, 7) is 1.05. The summed E-state index contributed by atoms with van der Waals surface area (Å²) in [4.78, 5) is 7.40. The van der Waals surface area contributed by atoms with Gasteiger partial charge in [0.1, 0.15) is 11.9 Å². The monoisotopic (exact) mass is 554 g/mol. The third-order valence-electron chi connectivity index (χ3n) is 5.02. The minimum Gasteiger partial charge on any atom is -0.497 e. The van der Waals surface area contributed by atoms with Crippen molar-refractivity contribution in [1.82, 2.24) is 15.5 Å². The smallest absolute Gasteiger partial charge is 0.191 e. The molecular weight excluding hydrogens is 523 g/mol. The molecule has 8 heteroatoms. The summed E-state index contributed by atoms with van der Waals surface area (Å²) < 4.78 is 6.54. The second-order valence-electron chi connectivity index (χ2n) is 7.29. The lowest BCUT2D eigenvalue weighted by Gasteiger charge is -2.26. The van der Waals surface area contributed by atoms with E-state index in [9.17, 15) is 5.11 Å². The van der Waals surface area contributed by atoms with Crippen molar-refractivity contribution in [3.8, 4) is 5.75 Å². The minimum absolute atomic E-state index is 0. The summed E-state index contributed by atoms with van der Waals surface area (Å²) in [5, 5.41) is 18.4. The molecule has 168 valence electrons. The molecule has 0 aliphatic carbocycles. The van der Waals surface area contributed by atoms with Crippen LogP contribution in [0.3, 0.4) is 0 Å². The second-order valence-corrected chi connectivity index (χ2v) is 8.41. The molecule has 0 aliphatic rings. The van der Waals surface area contributed by atoms with Gasteiger partial charge in [-0.05, 0) is 49.3 Å². The zero-order chi connectivity index (χ0) is 21.5. The van der Waals surface area contributed by atoms with Crippen LogP contribution in [-0.4, -0.2) is 57.3 Å². The first kappa shape index (κ1) is 25.4. The van der Waals surface area contributed by atoms with Gasteiger partial charge in [0.25, 0.3) is 0 Å². The molecule has 0 aliphatic heterocycles. The van der Waals surface area contributed by atoms with E-state index in [0.717, 1.165) is 21.6 Å². The number of aliphatic hydroxyl groups excluding tert-OH is 1. The number of hydrogen-bond donors (Lipinski definition) is 3. The molecule has 0 bridgehead atoms. The van der Waals surface area contributed by atoms with Crippen molar-refractivity contribution < 1.29 is 9.84 Å². The zero-order valence-corrected chi connectivity index (χ0v) is 21.5. The molecule has 2 atom stereocenters. The Balaban J connectivity index is 0.00000341. The van der Waals surface area contributed by atoms with Crippen molar-refractivity contribution in [1.29, 1.82) is 0 Å². The number of aliphatic hydroxyl groups is 1. The number of aliphatic imine (C=N–C) groups is 1. The number of nitrogens with zero attached hydrogens (tertiary/aromatic N) is 2. The summed E-state index contributed by atoms with van der Waals surface area (Å²) in [6, 6.07) is 18.4. The summed E-state index contributed by atoms with van der Waals surface area (Å²) >= 11 is 1.62. The minimum atomic E-state index is -0.594. The first-order valence-electron chi connectivity index (χ1n) is 9.93. The molecule has 2 aromatic carbocycles. The molecule has 3 N–H and O–H groups in total. The SMILES string of the molecule is CN=C(NCC(O)c1cc2ccccc2s1)NCC(c1cccc(OC)c1)N(C)C.I. The lowest BCUT2D eigenvalue weighted by molar-refractivity contribution is 0.184. The number of hydrogen-bond acceptors (Lipinski definition) is 5. The molecule has 0 fully saturated rings. The van der Waals surface area contributed by atoms with Crippen LogP contribution >= 0.6 is 35.3 Å². The van der Waals surface area contributed by atoms with Crippen molar-refractivity contribution in [3.05, 3.63) is 65.0 Å². The Morgan fingerprint density at radius 1 is 1.10 bits per heavy atom. The largest absolute Gasteiger partial charge is 0.497 e. The number of methoxy groups -OCH3 is 1. The fraction of sp³-hybridized carbons (Fsp3) is 0.348. The predicted octanol–water partition coefficient (Wildman–Crippen LogP) is 4.03. The van der Waals surface area contributed by atoms with Crippen LogP contribution in [0, 0.1) is 0 Å². The number of benzene rings is 2. The van der Waals surface area contributed by atoms with E-state index in [1.54, 1.807) is 25.5 Å². The van der Waals surface area contributed by atoms with Crippen molar-refractivity contribution in [2.24, 2.45) is 4.99 Å². The first-order valence-corrected chi connectivity index (χ1v) is 10.7. The molecule has 0 spiro atoms. The Hall–Kier alpha value is -1.88. The van der Waals surface area contributed by atoms with Crippen LogP contribution in [0.5, 0.6) is 5.75 Å². The number of guanidine groups is 1. The summed E-state index contributed by atoms with van der Waals surface area (Å²) in [5.41, 5.74) is 1.16. The zero-order valence-electron chi connectivity index (χ0n) is 18.3. The van der Waals surface area contributed by atoms with E-state index in [4.69, 9.17) is 4.74 Å². The summed E-state index contributed by atoms with van der Waals surface area (Å²) in [6.07, 6.45) is -0.594. The number of thiophene rings is 1. The molecule has 31 heavy (non-hydrogen) atoms. The van der Waals surface area contributed by atoms with Crippen LogP contribution < -0.4 is 15.4 Å². The topological polar surface area (TPSA) is 69.1 Å². The van der Waals surface area contributed by atoms with Gasteiger partial charge >= 0.3 is 0 Å². The molecule has 6 nitrogen and oxygen atoms in total. The van der Waals surface area contributed by atoms with Crippen molar-refractivity contribution in [2.45, 2.75) is 12.1 Å². The van der Waals surface area contributed by atoms with Crippen molar-refractivity contribution in [2.75, 3.05) is 41.3 Å². The molecule has 1 aromatic heterocycles. The van der Waals surface area contributed by atoms with Gasteiger partial charge in [-0.15, -0.1) is 35.3 Å². The fourth-order valence-electron chi connectivity index (χ4n) is 3.32. The lowest BCUT2D eigenvalue weighted by atomic mass is 10.1. The van der Waals surface area contributed by atoms with E-state index in [-0.39, 0.29) is 30.0 Å².